The quantitative estimate of drug-likeness (QED) is 0.901. The molecular formula is C13H15N3O2. The van der Waals surface area contributed by atoms with Crippen LogP contribution in [0.15, 0.2) is 18.2 Å². The fourth-order valence-electron chi connectivity index (χ4n) is 2.67. The molecule has 0 spiro atoms. The van der Waals surface area contributed by atoms with Gasteiger partial charge in [0.2, 0.25) is 0 Å². The van der Waals surface area contributed by atoms with Gasteiger partial charge in [-0.25, -0.2) is 9.48 Å². The summed E-state index contributed by atoms with van der Waals surface area (Å²) < 4.78 is 1.84. The van der Waals surface area contributed by atoms with Crippen LogP contribution >= 0.6 is 0 Å². The van der Waals surface area contributed by atoms with Crippen LogP contribution in [0, 0.1) is 5.92 Å². The smallest absolute Gasteiger partial charge is 0.335 e. The van der Waals surface area contributed by atoms with Gasteiger partial charge in [0.05, 0.1) is 11.1 Å². The Balaban J connectivity index is 1.95. The van der Waals surface area contributed by atoms with Gasteiger partial charge in [-0.15, -0.1) is 5.10 Å². The Morgan fingerprint density at radius 1 is 1.39 bits per heavy atom. The molecule has 0 unspecified atom stereocenters. The second kappa shape index (κ2) is 4.40. The molecule has 0 radical (unpaired) electrons. The molecule has 0 saturated heterocycles. The van der Waals surface area contributed by atoms with Crippen molar-refractivity contribution in [3.05, 3.63) is 23.8 Å². The average molecular weight is 245 g/mol. The zero-order chi connectivity index (χ0) is 12.5. The summed E-state index contributed by atoms with van der Waals surface area (Å²) in [5.41, 5.74) is 1.87. The van der Waals surface area contributed by atoms with E-state index in [0.29, 0.717) is 5.92 Å². The summed E-state index contributed by atoms with van der Waals surface area (Å²) in [6.07, 6.45) is 5.05. The first kappa shape index (κ1) is 11.2. The van der Waals surface area contributed by atoms with Crippen LogP contribution in [0.2, 0.25) is 0 Å². The van der Waals surface area contributed by atoms with E-state index in [1.807, 2.05) is 4.68 Å². The standard InChI is InChI=1S/C13H15N3O2/c17-13(18)10-5-6-11-12(7-10)16(15-14-11)8-9-3-1-2-4-9/h5-7,9H,1-4,8H2,(H,17,18). The molecule has 0 atom stereocenters. The van der Waals surface area contributed by atoms with Crippen LogP contribution < -0.4 is 0 Å². The van der Waals surface area contributed by atoms with Gasteiger partial charge in [-0.2, -0.15) is 0 Å². The van der Waals surface area contributed by atoms with Crippen molar-refractivity contribution in [1.82, 2.24) is 15.0 Å². The van der Waals surface area contributed by atoms with Crippen molar-refractivity contribution < 1.29 is 9.90 Å². The summed E-state index contributed by atoms with van der Waals surface area (Å²) in [4.78, 5) is 11.0. The number of nitrogens with zero attached hydrogens (tertiary/aromatic N) is 3. The Morgan fingerprint density at radius 3 is 2.89 bits per heavy atom. The van der Waals surface area contributed by atoms with E-state index in [0.717, 1.165) is 17.6 Å². The number of aromatic nitrogens is 3. The molecule has 94 valence electrons. The Kier molecular flexibility index (Phi) is 2.74. The van der Waals surface area contributed by atoms with E-state index in [-0.39, 0.29) is 5.56 Å². The number of hydrogen-bond donors (Lipinski definition) is 1. The van der Waals surface area contributed by atoms with Crippen LogP contribution in [0.1, 0.15) is 36.0 Å². The summed E-state index contributed by atoms with van der Waals surface area (Å²) in [5, 5.41) is 17.2. The van der Waals surface area contributed by atoms with Crippen LogP contribution in [0.25, 0.3) is 11.0 Å². The van der Waals surface area contributed by atoms with Crippen LogP contribution in [-0.4, -0.2) is 26.1 Å². The highest BCUT2D eigenvalue weighted by atomic mass is 16.4. The number of aromatic carboxylic acids is 1. The lowest BCUT2D eigenvalue weighted by Gasteiger charge is -2.08. The molecule has 1 aliphatic rings. The molecule has 0 amide bonds. The van der Waals surface area contributed by atoms with Gasteiger partial charge < -0.3 is 5.11 Å². The minimum Gasteiger partial charge on any atom is -0.478 e. The first-order chi connectivity index (χ1) is 8.74. The molecule has 5 heteroatoms. The van der Waals surface area contributed by atoms with Gasteiger partial charge in [0.1, 0.15) is 5.52 Å². The molecule has 0 bridgehead atoms. The fourth-order valence-corrected chi connectivity index (χ4v) is 2.67. The van der Waals surface area contributed by atoms with Gasteiger partial charge in [-0.05, 0) is 37.0 Å². The Bertz CT molecular complexity index is 585. The third kappa shape index (κ3) is 1.96. The predicted octanol–water partition coefficient (Wildman–Crippen LogP) is 2.32. The molecule has 0 aliphatic heterocycles. The van der Waals surface area contributed by atoms with Gasteiger partial charge in [0.25, 0.3) is 0 Å². The number of carboxylic acid groups (broad SMARTS) is 1. The zero-order valence-corrected chi connectivity index (χ0v) is 10.0. The molecule has 5 nitrogen and oxygen atoms in total. The molecule has 3 rings (SSSR count). The minimum atomic E-state index is -0.912. The van der Waals surface area contributed by atoms with Gasteiger partial charge in [-0.3, -0.25) is 0 Å². The molecule has 1 aromatic heterocycles. The number of carboxylic acids is 1. The maximum Gasteiger partial charge on any atom is 0.335 e. The molecule has 18 heavy (non-hydrogen) atoms. The van der Waals surface area contributed by atoms with E-state index in [1.165, 1.54) is 25.7 Å². The lowest BCUT2D eigenvalue weighted by atomic mass is 10.1. The Labute approximate surface area is 104 Å². The first-order valence-corrected chi connectivity index (χ1v) is 6.30. The highest BCUT2D eigenvalue weighted by molar-refractivity contribution is 5.92. The van der Waals surface area contributed by atoms with E-state index < -0.39 is 5.97 Å². The normalized spacial score (nSPS) is 16.4. The molecule has 1 heterocycles. The van der Waals surface area contributed by atoms with Crippen molar-refractivity contribution >= 4 is 17.0 Å². The van der Waals surface area contributed by atoms with Crippen molar-refractivity contribution in [2.24, 2.45) is 5.92 Å². The average Bonchev–Trinajstić information content (AvgIpc) is 2.99. The number of hydrogen-bond acceptors (Lipinski definition) is 3. The van der Waals surface area contributed by atoms with Gasteiger partial charge in [0.15, 0.2) is 0 Å². The predicted molar refractivity (Wildman–Crippen MR) is 66.4 cm³/mol. The minimum absolute atomic E-state index is 0.289. The molecule has 1 aliphatic carbocycles. The van der Waals surface area contributed by atoms with Gasteiger partial charge >= 0.3 is 5.97 Å². The summed E-state index contributed by atoms with van der Waals surface area (Å²) in [7, 11) is 0. The number of fused-ring (bicyclic) bond motifs is 1. The summed E-state index contributed by atoms with van der Waals surface area (Å²) in [6, 6.07) is 4.95. The summed E-state index contributed by atoms with van der Waals surface area (Å²) >= 11 is 0. The fraction of sp³-hybridized carbons (Fsp3) is 0.462. The van der Waals surface area contributed by atoms with Crippen molar-refractivity contribution in [1.29, 1.82) is 0 Å². The molecular weight excluding hydrogens is 230 g/mol. The van der Waals surface area contributed by atoms with E-state index >= 15 is 0 Å². The molecule has 1 aromatic carbocycles. The molecule has 1 fully saturated rings. The maximum atomic E-state index is 11.0. The van der Waals surface area contributed by atoms with Crippen LogP contribution in [-0.2, 0) is 6.54 Å². The van der Waals surface area contributed by atoms with Crippen molar-refractivity contribution in [2.45, 2.75) is 32.2 Å². The largest absolute Gasteiger partial charge is 0.478 e. The maximum absolute atomic E-state index is 11.0. The lowest BCUT2D eigenvalue weighted by molar-refractivity contribution is 0.0697. The zero-order valence-electron chi connectivity index (χ0n) is 10.0. The third-order valence-corrected chi connectivity index (χ3v) is 3.67. The van der Waals surface area contributed by atoms with E-state index in [1.54, 1.807) is 18.2 Å². The van der Waals surface area contributed by atoms with Gasteiger partial charge in [0, 0.05) is 6.54 Å². The summed E-state index contributed by atoms with van der Waals surface area (Å²) in [6.45, 7) is 0.847. The second-order valence-electron chi connectivity index (χ2n) is 4.93. The molecule has 1 saturated carbocycles. The van der Waals surface area contributed by atoms with Crippen LogP contribution in [0.5, 0.6) is 0 Å². The van der Waals surface area contributed by atoms with Crippen molar-refractivity contribution in [3.8, 4) is 0 Å². The number of carbonyl (C=O) groups is 1. The molecule has 1 N–H and O–H groups in total. The number of rotatable bonds is 3. The van der Waals surface area contributed by atoms with Crippen molar-refractivity contribution in [3.63, 3.8) is 0 Å². The highest BCUT2D eigenvalue weighted by Crippen LogP contribution is 2.27. The Morgan fingerprint density at radius 2 is 2.17 bits per heavy atom. The van der Waals surface area contributed by atoms with E-state index in [2.05, 4.69) is 10.3 Å². The number of benzene rings is 1. The van der Waals surface area contributed by atoms with E-state index in [4.69, 9.17) is 5.11 Å². The van der Waals surface area contributed by atoms with Crippen LogP contribution in [0.3, 0.4) is 0 Å². The van der Waals surface area contributed by atoms with E-state index in [9.17, 15) is 4.79 Å². The topological polar surface area (TPSA) is 68.0 Å². The van der Waals surface area contributed by atoms with Gasteiger partial charge in [-0.1, -0.05) is 18.1 Å². The monoisotopic (exact) mass is 245 g/mol. The first-order valence-electron chi connectivity index (χ1n) is 6.30. The second-order valence-corrected chi connectivity index (χ2v) is 4.93. The Hall–Kier alpha value is -1.91. The SMILES string of the molecule is O=C(O)c1ccc2nnn(CC3CCCC3)c2c1. The molecule has 2 aromatic rings. The summed E-state index contributed by atoms with van der Waals surface area (Å²) in [5.74, 6) is -0.256. The van der Waals surface area contributed by atoms with Crippen molar-refractivity contribution in [2.75, 3.05) is 0 Å². The third-order valence-electron chi connectivity index (χ3n) is 3.67. The highest BCUT2D eigenvalue weighted by Gasteiger charge is 2.17. The van der Waals surface area contributed by atoms with Crippen LogP contribution in [0.4, 0.5) is 0 Å². The lowest BCUT2D eigenvalue weighted by Crippen LogP contribution is -2.09.